The largest absolute Gasteiger partial charge is 0.368 e. The lowest BCUT2D eigenvalue weighted by Gasteiger charge is -2.34. The van der Waals surface area contributed by atoms with Crippen molar-refractivity contribution in [2.45, 2.75) is 59.5 Å². The molecule has 1 fully saturated rings. The van der Waals surface area contributed by atoms with Gasteiger partial charge in [0.2, 0.25) is 5.95 Å². The van der Waals surface area contributed by atoms with Crippen molar-refractivity contribution in [3.8, 4) is 0 Å². The molecule has 0 radical (unpaired) electrons. The third-order valence-electron chi connectivity index (χ3n) is 5.17. The molecule has 134 valence electrons. The molecule has 5 nitrogen and oxygen atoms in total. The van der Waals surface area contributed by atoms with Gasteiger partial charge in [0, 0.05) is 12.6 Å². The average Bonchev–Trinajstić information content (AvgIpc) is 2.89. The van der Waals surface area contributed by atoms with Gasteiger partial charge >= 0.3 is 0 Å². The Hall–Kier alpha value is -2.14. The number of aromatic nitrogens is 2. The summed E-state index contributed by atoms with van der Waals surface area (Å²) in [6.07, 6.45) is 7.70. The molecule has 0 bridgehead atoms. The van der Waals surface area contributed by atoms with Crippen molar-refractivity contribution in [1.82, 2.24) is 14.6 Å². The second-order valence-electron chi connectivity index (χ2n) is 7.28. The van der Waals surface area contributed by atoms with Gasteiger partial charge < -0.3 is 5.73 Å². The summed E-state index contributed by atoms with van der Waals surface area (Å²) in [4.78, 5) is 6.79. The van der Waals surface area contributed by atoms with Gasteiger partial charge in [0.15, 0.2) is 0 Å². The Kier molecular flexibility index (Phi) is 5.23. The van der Waals surface area contributed by atoms with E-state index in [2.05, 4.69) is 47.9 Å². The Morgan fingerprint density at radius 1 is 1.28 bits per heavy atom. The van der Waals surface area contributed by atoms with E-state index >= 15 is 0 Å². The topological polar surface area (TPSA) is 59.4 Å². The second-order valence-corrected chi connectivity index (χ2v) is 7.28. The number of piperidine rings is 1. The van der Waals surface area contributed by atoms with E-state index in [0.29, 0.717) is 12.0 Å². The Labute approximate surface area is 150 Å². The number of nitrogens with zero attached hydrogens (tertiary/aromatic N) is 4. The number of nitrogen functional groups attached to an aromatic ring is 1. The lowest BCUT2D eigenvalue weighted by atomic mass is 9.97. The van der Waals surface area contributed by atoms with Gasteiger partial charge in [-0.05, 0) is 63.8 Å². The SMILES string of the molecule is Cc1cc(C=Nn2cc(C)nc2N)c(C)c(CN2CCCCC2C)c1. The summed E-state index contributed by atoms with van der Waals surface area (Å²) in [5, 5.41) is 4.49. The first-order valence-electron chi connectivity index (χ1n) is 9.14. The van der Waals surface area contributed by atoms with Gasteiger partial charge in [0.25, 0.3) is 0 Å². The molecule has 3 rings (SSSR count). The summed E-state index contributed by atoms with van der Waals surface area (Å²) in [5.41, 5.74) is 11.8. The van der Waals surface area contributed by atoms with Crippen LogP contribution in [0.25, 0.3) is 0 Å². The third kappa shape index (κ3) is 4.10. The van der Waals surface area contributed by atoms with Crippen molar-refractivity contribution in [3.05, 3.63) is 46.3 Å². The highest BCUT2D eigenvalue weighted by molar-refractivity contribution is 5.82. The van der Waals surface area contributed by atoms with Crippen LogP contribution < -0.4 is 5.73 Å². The van der Waals surface area contributed by atoms with Gasteiger partial charge in [-0.25, -0.2) is 9.66 Å². The van der Waals surface area contributed by atoms with E-state index in [9.17, 15) is 0 Å². The van der Waals surface area contributed by atoms with Gasteiger partial charge in [-0.3, -0.25) is 4.90 Å². The minimum atomic E-state index is 0.418. The summed E-state index contributed by atoms with van der Waals surface area (Å²) in [6.45, 7) is 10.8. The molecular formula is C20H29N5. The van der Waals surface area contributed by atoms with E-state index in [-0.39, 0.29) is 0 Å². The zero-order chi connectivity index (χ0) is 18.0. The minimum Gasteiger partial charge on any atom is -0.368 e. The molecule has 1 aliphatic heterocycles. The molecule has 2 N–H and O–H groups in total. The number of aryl methyl sites for hydroxylation is 2. The van der Waals surface area contributed by atoms with Crippen LogP contribution in [0.4, 0.5) is 5.95 Å². The van der Waals surface area contributed by atoms with E-state index in [1.54, 1.807) is 4.68 Å². The zero-order valence-electron chi connectivity index (χ0n) is 15.8. The van der Waals surface area contributed by atoms with Crippen LogP contribution in [0.5, 0.6) is 0 Å². The van der Waals surface area contributed by atoms with Gasteiger partial charge in [-0.2, -0.15) is 5.10 Å². The van der Waals surface area contributed by atoms with E-state index in [1.807, 2.05) is 19.3 Å². The molecule has 1 aromatic heterocycles. The highest BCUT2D eigenvalue weighted by Crippen LogP contribution is 2.23. The van der Waals surface area contributed by atoms with Gasteiger partial charge in [0.05, 0.1) is 18.1 Å². The fourth-order valence-electron chi connectivity index (χ4n) is 3.59. The number of rotatable bonds is 4. The van der Waals surface area contributed by atoms with Crippen LogP contribution in [0.2, 0.25) is 0 Å². The van der Waals surface area contributed by atoms with Crippen molar-refractivity contribution >= 4 is 12.2 Å². The number of nitrogens with two attached hydrogens (primary N) is 1. The van der Waals surface area contributed by atoms with Crippen LogP contribution in [-0.4, -0.2) is 33.4 Å². The van der Waals surface area contributed by atoms with Crippen molar-refractivity contribution in [3.63, 3.8) is 0 Å². The molecule has 2 heterocycles. The van der Waals surface area contributed by atoms with Crippen LogP contribution in [0, 0.1) is 20.8 Å². The van der Waals surface area contributed by atoms with Gasteiger partial charge in [0.1, 0.15) is 0 Å². The summed E-state index contributed by atoms with van der Waals surface area (Å²) in [7, 11) is 0. The Morgan fingerprint density at radius 3 is 2.76 bits per heavy atom. The van der Waals surface area contributed by atoms with Crippen LogP contribution in [0.3, 0.4) is 0 Å². The molecule has 0 saturated carbocycles. The smallest absolute Gasteiger partial charge is 0.221 e. The van der Waals surface area contributed by atoms with E-state index in [1.165, 1.54) is 42.5 Å². The maximum atomic E-state index is 5.87. The van der Waals surface area contributed by atoms with Crippen molar-refractivity contribution in [1.29, 1.82) is 0 Å². The van der Waals surface area contributed by atoms with Gasteiger partial charge in [-0.15, -0.1) is 0 Å². The predicted octanol–water partition coefficient (Wildman–Crippen LogP) is 3.65. The van der Waals surface area contributed by atoms with Crippen LogP contribution in [0.1, 0.15) is 54.1 Å². The number of likely N-dealkylation sites (tertiary alicyclic amines) is 1. The minimum absolute atomic E-state index is 0.418. The highest BCUT2D eigenvalue weighted by Gasteiger charge is 2.19. The maximum absolute atomic E-state index is 5.87. The Bertz CT molecular complexity index is 775. The quantitative estimate of drug-likeness (QED) is 0.865. The maximum Gasteiger partial charge on any atom is 0.221 e. The number of benzene rings is 1. The summed E-state index contributed by atoms with van der Waals surface area (Å²) < 4.78 is 1.63. The molecule has 1 saturated heterocycles. The molecule has 2 aromatic rings. The van der Waals surface area contributed by atoms with Crippen LogP contribution >= 0.6 is 0 Å². The lowest BCUT2D eigenvalue weighted by molar-refractivity contribution is 0.152. The molecule has 1 unspecified atom stereocenters. The van der Waals surface area contributed by atoms with E-state index in [4.69, 9.17) is 5.73 Å². The number of imidazole rings is 1. The molecule has 25 heavy (non-hydrogen) atoms. The molecule has 5 heteroatoms. The first kappa shape index (κ1) is 17.7. The van der Waals surface area contributed by atoms with Crippen molar-refractivity contribution in [2.75, 3.05) is 12.3 Å². The lowest BCUT2D eigenvalue weighted by Crippen LogP contribution is -2.37. The highest BCUT2D eigenvalue weighted by atomic mass is 15.4. The summed E-state index contributed by atoms with van der Waals surface area (Å²) in [6, 6.07) is 5.16. The molecule has 0 spiro atoms. The second kappa shape index (κ2) is 7.40. The average molecular weight is 339 g/mol. The molecule has 1 atom stereocenters. The first-order valence-corrected chi connectivity index (χ1v) is 9.14. The molecule has 1 aromatic carbocycles. The first-order chi connectivity index (χ1) is 11.9. The van der Waals surface area contributed by atoms with E-state index < -0.39 is 0 Å². The molecular weight excluding hydrogens is 310 g/mol. The zero-order valence-corrected chi connectivity index (χ0v) is 15.8. The van der Waals surface area contributed by atoms with Crippen molar-refractivity contribution in [2.24, 2.45) is 5.10 Å². The number of hydrogen-bond acceptors (Lipinski definition) is 4. The summed E-state index contributed by atoms with van der Waals surface area (Å²) >= 11 is 0. The summed E-state index contributed by atoms with van der Waals surface area (Å²) in [5.74, 6) is 0.418. The Morgan fingerprint density at radius 2 is 2.08 bits per heavy atom. The predicted molar refractivity (Wildman–Crippen MR) is 104 cm³/mol. The molecule has 0 aliphatic carbocycles. The number of anilines is 1. The third-order valence-corrected chi connectivity index (χ3v) is 5.17. The van der Waals surface area contributed by atoms with E-state index in [0.717, 1.165) is 17.8 Å². The van der Waals surface area contributed by atoms with Gasteiger partial charge in [-0.1, -0.05) is 24.1 Å². The van der Waals surface area contributed by atoms with Crippen LogP contribution in [0.15, 0.2) is 23.4 Å². The fourth-order valence-corrected chi connectivity index (χ4v) is 3.59. The normalized spacial score (nSPS) is 19.0. The number of hydrogen-bond donors (Lipinski definition) is 1. The fraction of sp³-hybridized carbons (Fsp3) is 0.500. The Balaban J connectivity index is 1.85. The molecule has 0 amide bonds. The van der Waals surface area contributed by atoms with Crippen molar-refractivity contribution < 1.29 is 0 Å². The van der Waals surface area contributed by atoms with Crippen LogP contribution in [-0.2, 0) is 6.54 Å². The standard InChI is InChI=1S/C20H29N5/c1-14-9-18(11-22-25-12-15(2)23-20(25)21)17(4)19(10-14)13-24-8-6-5-7-16(24)3/h9-12,16H,5-8,13H2,1-4H3,(H2,21,23). The monoisotopic (exact) mass is 339 g/mol. The molecule has 1 aliphatic rings.